The fraction of sp³-hybridized carbons (Fsp3) is 0.522. The zero-order valence-electron chi connectivity index (χ0n) is 16.9. The maximum Gasteiger partial charge on any atom is 0.254 e. The molecule has 27 heavy (non-hydrogen) atoms. The summed E-state index contributed by atoms with van der Waals surface area (Å²) >= 11 is 1.83. The van der Waals surface area contributed by atoms with Gasteiger partial charge in [0.2, 0.25) is 0 Å². The van der Waals surface area contributed by atoms with Crippen molar-refractivity contribution < 1.29 is 4.79 Å². The van der Waals surface area contributed by atoms with Crippen LogP contribution in [0.5, 0.6) is 0 Å². The van der Waals surface area contributed by atoms with Crippen LogP contribution in [0.3, 0.4) is 0 Å². The summed E-state index contributed by atoms with van der Waals surface area (Å²) < 4.78 is 0. The van der Waals surface area contributed by atoms with E-state index in [0.717, 1.165) is 50.8 Å². The van der Waals surface area contributed by atoms with Crippen molar-refractivity contribution in [1.29, 1.82) is 0 Å². The van der Waals surface area contributed by atoms with Gasteiger partial charge in [0, 0.05) is 29.1 Å². The highest BCUT2D eigenvalue weighted by Gasteiger charge is 2.27. The number of fused-ring (bicyclic) bond motifs is 1. The third-order valence-electron chi connectivity index (χ3n) is 5.97. The van der Waals surface area contributed by atoms with E-state index in [9.17, 15) is 4.79 Å². The molecule has 0 radical (unpaired) electrons. The molecule has 0 spiro atoms. The lowest BCUT2D eigenvalue weighted by molar-refractivity contribution is 0.0726. The molecule has 1 aliphatic rings. The smallest absolute Gasteiger partial charge is 0.254 e. The van der Waals surface area contributed by atoms with Crippen molar-refractivity contribution >= 4 is 17.2 Å². The van der Waals surface area contributed by atoms with Crippen LogP contribution in [0.2, 0.25) is 0 Å². The van der Waals surface area contributed by atoms with E-state index in [0.29, 0.717) is 0 Å². The standard InChI is InChI=1S/C23H32N2OS/c1-17-9-10-21-20(18(17)2)11-14-25(22(21)26)15-13-23(3,24)12-5-4-7-19-8-6-16-27-19/h6,8-10,16H,4-5,7,11-15,24H2,1-3H3. The predicted octanol–water partition coefficient (Wildman–Crippen LogP) is 4.88. The third-order valence-corrected chi connectivity index (χ3v) is 6.91. The summed E-state index contributed by atoms with van der Waals surface area (Å²) in [7, 11) is 0. The van der Waals surface area contributed by atoms with E-state index in [1.807, 2.05) is 22.3 Å². The van der Waals surface area contributed by atoms with Gasteiger partial charge in [-0.3, -0.25) is 4.79 Å². The molecule has 0 saturated carbocycles. The number of amides is 1. The van der Waals surface area contributed by atoms with E-state index < -0.39 is 0 Å². The minimum atomic E-state index is -0.209. The van der Waals surface area contributed by atoms with Gasteiger partial charge in [0.05, 0.1) is 0 Å². The topological polar surface area (TPSA) is 46.3 Å². The molecule has 3 rings (SSSR count). The van der Waals surface area contributed by atoms with E-state index in [2.05, 4.69) is 44.4 Å². The minimum Gasteiger partial charge on any atom is -0.338 e. The minimum absolute atomic E-state index is 0.174. The van der Waals surface area contributed by atoms with Crippen molar-refractivity contribution in [2.24, 2.45) is 5.73 Å². The van der Waals surface area contributed by atoms with E-state index >= 15 is 0 Å². The van der Waals surface area contributed by atoms with Gasteiger partial charge in [-0.1, -0.05) is 18.6 Å². The summed E-state index contributed by atoms with van der Waals surface area (Å²) in [5.74, 6) is 0.174. The highest BCUT2D eigenvalue weighted by molar-refractivity contribution is 7.09. The second-order valence-corrected chi connectivity index (χ2v) is 9.30. The molecule has 2 heterocycles. The Labute approximate surface area is 167 Å². The van der Waals surface area contributed by atoms with Crippen LogP contribution < -0.4 is 5.73 Å². The summed E-state index contributed by atoms with van der Waals surface area (Å²) in [6, 6.07) is 8.38. The molecule has 0 fully saturated rings. The zero-order chi connectivity index (χ0) is 19.4. The largest absolute Gasteiger partial charge is 0.338 e. The zero-order valence-corrected chi connectivity index (χ0v) is 17.7. The van der Waals surface area contributed by atoms with Crippen LogP contribution in [0.25, 0.3) is 0 Å². The first-order valence-corrected chi connectivity index (χ1v) is 10.9. The average Bonchev–Trinajstić information content (AvgIpc) is 3.15. The molecule has 1 aromatic heterocycles. The Morgan fingerprint density at radius 1 is 1.19 bits per heavy atom. The Hall–Kier alpha value is -1.65. The van der Waals surface area contributed by atoms with Crippen LogP contribution in [0, 0.1) is 13.8 Å². The second kappa shape index (κ2) is 8.57. The number of thiophene rings is 1. The number of aryl methyl sites for hydroxylation is 2. The van der Waals surface area contributed by atoms with Crippen LogP contribution in [0.4, 0.5) is 0 Å². The molecule has 2 aromatic rings. The van der Waals surface area contributed by atoms with Gasteiger partial charge in [0.25, 0.3) is 5.91 Å². The van der Waals surface area contributed by atoms with E-state index in [1.54, 1.807) is 0 Å². The number of carbonyl (C=O) groups is 1. The van der Waals surface area contributed by atoms with Crippen molar-refractivity contribution in [1.82, 2.24) is 4.90 Å². The van der Waals surface area contributed by atoms with Crippen LogP contribution in [0.15, 0.2) is 29.6 Å². The quantitative estimate of drug-likeness (QED) is 0.659. The van der Waals surface area contributed by atoms with Crippen molar-refractivity contribution in [3.63, 3.8) is 0 Å². The van der Waals surface area contributed by atoms with Crippen molar-refractivity contribution in [3.8, 4) is 0 Å². The number of nitrogens with two attached hydrogens (primary N) is 1. The van der Waals surface area contributed by atoms with Gasteiger partial charge in [0.1, 0.15) is 0 Å². The Kier molecular flexibility index (Phi) is 6.38. The van der Waals surface area contributed by atoms with E-state index in [4.69, 9.17) is 5.73 Å². The molecule has 2 N–H and O–H groups in total. The molecule has 3 nitrogen and oxygen atoms in total. The number of benzene rings is 1. The predicted molar refractivity (Wildman–Crippen MR) is 115 cm³/mol. The first-order chi connectivity index (χ1) is 12.9. The Bertz CT molecular complexity index is 780. The van der Waals surface area contributed by atoms with Gasteiger partial charge in [-0.05, 0) is 87.1 Å². The fourth-order valence-electron chi connectivity index (χ4n) is 3.93. The maximum absolute atomic E-state index is 12.9. The molecule has 1 unspecified atom stereocenters. The average molecular weight is 385 g/mol. The lowest BCUT2D eigenvalue weighted by Crippen LogP contribution is -2.44. The summed E-state index contributed by atoms with van der Waals surface area (Å²) in [5, 5.41) is 2.14. The summed E-state index contributed by atoms with van der Waals surface area (Å²) in [4.78, 5) is 16.3. The van der Waals surface area contributed by atoms with Crippen LogP contribution in [-0.2, 0) is 12.8 Å². The molecule has 146 valence electrons. The van der Waals surface area contributed by atoms with Gasteiger partial charge >= 0.3 is 0 Å². The number of nitrogens with zero attached hydrogens (tertiary/aromatic N) is 1. The first kappa shape index (κ1) is 20.1. The summed E-state index contributed by atoms with van der Waals surface area (Å²) in [6.45, 7) is 7.94. The Morgan fingerprint density at radius 3 is 2.74 bits per heavy atom. The number of rotatable bonds is 8. The van der Waals surface area contributed by atoms with Crippen LogP contribution >= 0.6 is 11.3 Å². The van der Waals surface area contributed by atoms with Gasteiger partial charge in [-0.2, -0.15) is 0 Å². The van der Waals surface area contributed by atoms with E-state index in [1.165, 1.54) is 28.0 Å². The number of carbonyl (C=O) groups excluding carboxylic acids is 1. The maximum atomic E-state index is 12.9. The fourth-order valence-corrected chi connectivity index (χ4v) is 4.68. The second-order valence-electron chi connectivity index (χ2n) is 8.27. The molecule has 0 aliphatic carbocycles. The first-order valence-electron chi connectivity index (χ1n) is 10.1. The van der Waals surface area contributed by atoms with Gasteiger partial charge in [-0.15, -0.1) is 11.3 Å². The summed E-state index contributed by atoms with van der Waals surface area (Å²) in [5.41, 5.74) is 11.0. The normalized spacial score (nSPS) is 16.3. The highest BCUT2D eigenvalue weighted by Crippen LogP contribution is 2.26. The summed E-state index contributed by atoms with van der Waals surface area (Å²) in [6.07, 6.45) is 6.29. The van der Waals surface area contributed by atoms with Gasteiger partial charge in [-0.25, -0.2) is 0 Å². The third kappa shape index (κ3) is 4.99. The lowest BCUT2D eigenvalue weighted by atomic mass is 9.89. The number of unbranched alkanes of at least 4 members (excludes halogenated alkanes) is 1. The Balaban J connectivity index is 1.48. The van der Waals surface area contributed by atoms with Gasteiger partial charge in [0.15, 0.2) is 0 Å². The SMILES string of the molecule is Cc1ccc2c(c1C)CCN(CCC(C)(N)CCCCc1cccs1)C2=O. The molecule has 0 saturated heterocycles. The lowest BCUT2D eigenvalue weighted by Gasteiger charge is -2.33. The molecule has 1 aromatic carbocycles. The number of hydrogen-bond acceptors (Lipinski definition) is 3. The monoisotopic (exact) mass is 384 g/mol. The van der Waals surface area contributed by atoms with Crippen molar-refractivity contribution in [3.05, 3.63) is 56.8 Å². The van der Waals surface area contributed by atoms with Crippen molar-refractivity contribution in [2.45, 2.75) is 64.8 Å². The molecular formula is C23H32N2OS. The molecule has 0 bridgehead atoms. The van der Waals surface area contributed by atoms with Crippen LogP contribution in [0.1, 0.15) is 64.5 Å². The Morgan fingerprint density at radius 2 is 2.00 bits per heavy atom. The van der Waals surface area contributed by atoms with Crippen LogP contribution in [-0.4, -0.2) is 29.4 Å². The molecule has 1 amide bonds. The number of hydrogen-bond donors (Lipinski definition) is 1. The van der Waals surface area contributed by atoms with Crippen molar-refractivity contribution in [2.75, 3.05) is 13.1 Å². The molecule has 4 heteroatoms. The molecule has 1 aliphatic heterocycles. The van der Waals surface area contributed by atoms with E-state index in [-0.39, 0.29) is 11.4 Å². The molecule has 1 atom stereocenters. The van der Waals surface area contributed by atoms with Gasteiger partial charge < -0.3 is 10.6 Å². The molecular weight excluding hydrogens is 352 g/mol. The highest BCUT2D eigenvalue weighted by atomic mass is 32.1.